The van der Waals surface area contributed by atoms with E-state index in [9.17, 15) is 8.42 Å². The summed E-state index contributed by atoms with van der Waals surface area (Å²) in [5, 5.41) is 0. The summed E-state index contributed by atoms with van der Waals surface area (Å²) in [5.74, 6) is 0.934. The lowest BCUT2D eigenvalue weighted by Crippen LogP contribution is -2.52. The van der Waals surface area contributed by atoms with Crippen LogP contribution in [0.4, 0.5) is 0 Å². The van der Waals surface area contributed by atoms with Gasteiger partial charge in [0.1, 0.15) is 5.76 Å². The van der Waals surface area contributed by atoms with Crippen molar-refractivity contribution >= 4 is 10.2 Å². The van der Waals surface area contributed by atoms with Crippen molar-refractivity contribution in [3.63, 3.8) is 0 Å². The van der Waals surface area contributed by atoms with Crippen molar-refractivity contribution < 1.29 is 12.8 Å². The Bertz CT molecular complexity index is 543. The Morgan fingerprint density at radius 3 is 2.14 bits per heavy atom. The molecule has 3 rings (SSSR count). The topological polar surface area (TPSA) is 57.0 Å². The second-order valence-electron chi connectivity index (χ2n) is 6.08. The number of piperazine rings is 1. The van der Waals surface area contributed by atoms with Crippen molar-refractivity contribution in [1.29, 1.82) is 0 Å². The molecular weight excluding hydrogens is 302 g/mol. The van der Waals surface area contributed by atoms with E-state index in [0.29, 0.717) is 26.2 Å². The minimum Gasteiger partial charge on any atom is -0.468 e. The Morgan fingerprint density at radius 2 is 1.55 bits per heavy atom. The lowest BCUT2D eigenvalue weighted by Gasteiger charge is -2.36. The molecule has 1 aromatic heterocycles. The van der Waals surface area contributed by atoms with Crippen LogP contribution in [0.3, 0.4) is 0 Å². The van der Waals surface area contributed by atoms with Crippen LogP contribution < -0.4 is 0 Å². The van der Waals surface area contributed by atoms with E-state index in [-0.39, 0.29) is 0 Å². The molecule has 2 saturated heterocycles. The Hall–Kier alpha value is -0.890. The van der Waals surface area contributed by atoms with E-state index in [4.69, 9.17) is 4.42 Å². The third-order valence-electron chi connectivity index (χ3n) is 4.51. The summed E-state index contributed by atoms with van der Waals surface area (Å²) in [4.78, 5) is 2.24. The lowest BCUT2D eigenvalue weighted by atomic mass is 10.2. The maximum atomic E-state index is 12.7. The van der Waals surface area contributed by atoms with Crippen LogP contribution in [0.5, 0.6) is 0 Å². The molecule has 6 nitrogen and oxygen atoms in total. The number of furan rings is 1. The standard InChI is InChI=1S/C15H25N3O3S/c19-22(20,17-7-3-1-2-4-8-17)18-11-9-16(10-12-18)14-15-6-5-13-21-15/h5-6,13H,1-4,7-12,14H2. The largest absolute Gasteiger partial charge is 0.468 e. The summed E-state index contributed by atoms with van der Waals surface area (Å²) in [6.45, 7) is 4.76. The smallest absolute Gasteiger partial charge is 0.282 e. The van der Waals surface area contributed by atoms with Gasteiger partial charge in [0.05, 0.1) is 12.8 Å². The van der Waals surface area contributed by atoms with E-state index in [1.54, 1.807) is 14.9 Å². The molecule has 0 amide bonds. The van der Waals surface area contributed by atoms with Gasteiger partial charge in [-0.2, -0.15) is 17.0 Å². The van der Waals surface area contributed by atoms with E-state index in [2.05, 4.69) is 4.90 Å². The van der Waals surface area contributed by atoms with Crippen LogP contribution in [-0.2, 0) is 16.8 Å². The SMILES string of the molecule is O=S(=O)(N1CCCCCC1)N1CCN(Cc2ccco2)CC1. The third kappa shape index (κ3) is 3.71. The van der Waals surface area contributed by atoms with E-state index in [0.717, 1.165) is 51.1 Å². The zero-order chi connectivity index (χ0) is 15.4. The Balaban J connectivity index is 1.55. The monoisotopic (exact) mass is 327 g/mol. The summed E-state index contributed by atoms with van der Waals surface area (Å²) >= 11 is 0. The molecule has 0 radical (unpaired) electrons. The highest BCUT2D eigenvalue weighted by atomic mass is 32.2. The fourth-order valence-electron chi connectivity index (χ4n) is 3.18. The molecule has 0 bridgehead atoms. The van der Waals surface area contributed by atoms with Gasteiger partial charge in [0.25, 0.3) is 10.2 Å². The highest BCUT2D eigenvalue weighted by Gasteiger charge is 2.32. The first-order valence-electron chi connectivity index (χ1n) is 8.16. The molecular formula is C15H25N3O3S. The summed E-state index contributed by atoms with van der Waals surface area (Å²) in [6.07, 6.45) is 5.93. The van der Waals surface area contributed by atoms with E-state index >= 15 is 0 Å². The van der Waals surface area contributed by atoms with Crippen molar-refractivity contribution in [2.24, 2.45) is 0 Å². The minimum atomic E-state index is -3.28. The van der Waals surface area contributed by atoms with Gasteiger partial charge in [0.2, 0.25) is 0 Å². The molecule has 0 N–H and O–H groups in total. The van der Waals surface area contributed by atoms with Crippen molar-refractivity contribution in [3.8, 4) is 0 Å². The molecule has 7 heteroatoms. The predicted molar refractivity (Wildman–Crippen MR) is 84.5 cm³/mol. The molecule has 0 aromatic carbocycles. The minimum absolute atomic E-state index is 0.569. The fourth-order valence-corrected chi connectivity index (χ4v) is 4.85. The highest BCUT2D eigenvalue weighted by Crippen LogP contribution is 2.18. The second kappa shape index (κ2) is 7.12. The van der Waals surface area contributed by atoms with Gasteiger partial charge in [-0.25, -0.2) is 0 Å². The van der Waals surface area contributed by atoms with E-state index in [1.165, 1.54) is 0 Å². The molecule has 0 aliphatic carbocycles. The molecule has 1 aromatic rings. The van der Waals surface area contributed by atoms with Gasteiger partial charge in [-0.05, 0) is 25.0 Å². The molecule has 0 unspecified atom stereocenters. The fraction of sp³-hybridized carbons (Fsp3) is 0.733. The molecule has 0 saturated carbocycles. The van der Waals surface area contributed by atoms with Crippen LogP contribution in [0.15, 0.2) is 22.8 Å². The van der Waals surface area contributed by atoms with Crippen molar-refractivity contribution in [1.82, 2.24) is 13.5 Å². The van der Waals surface area contributed by atoms with Crippen LogP contribution in [0.2, 0.25) is 0 Å². The van der Waals surface area contributed by atoms with E-state index in [1.807, 2.05) is 12.1 Å². The first kappa shape index (κ1) is 16.0. The molecule has 2 fully saturated rings. The summed E-state index contributed by atoms with van der Waals surface area (Å²) in [6, 6.07) is 3.84. The van der Waals surface area contributed by atoms with Crippen LogP contribution in [0, 0.1) is 0 Å². The van der Waals surface area contributed by atoms with Gasteiger partial charge >= 0.3 is 0 Å². The second-order valence-corrected chi connectivity index (χ2v) is 8.00. The molecule has 2 aliphatic rings. The maximum absolute atomic E-state index is 12.7. The van der Waals surface area contributed by atoms with Crippen molar-refractivity contribution in [2.75, 3.05) is 39.3 Å². The van der Waals surface area contributed by atoms with Gasteiger partial charge in [-0.15, -0.1) is 0 Å². The van der Waals surface area contributed by atoms with Crippen molar-refractivity contribution in [3.05, 3.63) is 24.2 Å². The van der Waals surface area contributed by atoms with Crippen LogP contribution in [-0.4, -0.2) is 61.2 Å². The zero-order valence-corrected chi connectivity index (χ0v) is 13.8. The summed E-state index contributed by atoms with van der Waals surface area (Å²) < 4.78 is 34.2. The molecule has 22 heavy (non-hydrogen) atoms. The van der Waals surface area contributed by atoms with Crippen LogP contribution in [0.25, 0.3) is 0 Å². The summed E-state index contributed by atoms with van der Waals surface area (Å²) in [5.41, 5.74) is 0. The first-order valence-corrected chi connectivity index (χ1v) is 9.56. The van der Waals surface area contributed by atoms with Crippen molar-refractivity contribution in [2.45, 2.75) is 32.2 Å². The quantitative estimate of drug-likeness (QED) is 0.841. The van der Waals surface area contributed by atoms with Gasteiger partial charge in [-0.3, -0.25) is 4.90 Å². The van der Waals surface area contributed by atoms with Crippen LogP contribution in [0.1, 0.15) is 31.4 Å². The maximum Gasteiger partial charge on any atom is 0.282 e. The first-order chi connectivity index (χ1) is 10.7. The Labute approximate surface area is 132 Å². The van der Waals surface area contributed by atoms with Gasteiger partial charge in [-0.1, -0.05) is 12.8 Å². The average molecular weight is 327 g/mol. The molecule has 2 aliphatic heterocycles. The summed E-state index contributed by atoms with van der Waals surface area (Å²) in [7, 11) is -3.28. The molecule has 0 atom stereocenters. The zero-order valence-electron chi connectivity index (χ0n) is 13.0. The lowest BCUT2D eigenvalue weighted by molar-refractivity contribution is 0.165. The number of nitrogens with zero attached hydrogens (tertiary/aromatic N) is 3. The average Bonchev–Trinajstić information content (AvgIpc) is 2.87. The molecule has 3 heterocycles. The third-order valence-corrected chi connectivity index (χ3v) is 6.54. The van der Waals surface area contributed by atoms with Gasteiger partial charge in [0, 0.05) is 39.3 Å². The molecule has 124 valence electrons. The number of hydrogen-bond donors (Lipinski definition) is 0. The van der Waals surface area contributed by atoms with Crippen LogP contribution >= 0.6 is 0 Å². The highest BCUT2D eigenvalue weighted by molar-refractivity contribution is 7.86. The number of rotatable bonds is 4. The van der Waals surface area contributed by atoms with Gasteiger partial charge < -0.3 is 4.42 Å². The number of hydrogen-bond acceptors (Lipinski definition) is 4. The molecule has 0 spiro atoms. The van der Waals surface area contributed by atoms with E-state index < -0.39 is 10.2 Å². The predicted octanol–water partition coefficient (Wildman–Crippen LogP) is 1.52. The normalized spacial score (nSPS) is 23.5. The van der Waals surface area contributed by atoms with Gasteiger partial charge in [0.15, 0.2) is 0 Å². The Morgan fingerprint density at radius 1 is 0.909 bits per heavy atom. The Kier molecular flexibility index (Phi) is 5.18.